The monoisotopic (exact) mass is 233 g/mol. The van der Waals surface area contributed by atoms with Crippen LogP contribution in [0.4, 0.5) is 0 Å². The number of hydrogen-bond donors (Lipinski definition) is 1. The summed E-state index contributed by atoms with van der Waals surface area (Å²) in [7, 11) is 0. The van der Waals surface area contributed by atoms with Crippen molar-refractivity contribution in [2.45, 2.75) is 47.6 Å². The first-order valence-corrected chi connectivity index (χ1v) is 6.63. The predicted molar refractivity (Wildman–Crippen MR) is 76.2 cm³/mol. The van der Waals surface area contributed by atoms with E-state index in [-0.39, 0.29) is 0 Å². The van der Waals surface area contributed by atoms with Crippen LogP contribution in [-0.4, -0.2) is 6.54 Å². The highest BCUT2D eigenvalue weighted by Crippen LogP contribution is 2.26. The first-order valence-electron chi connectivity index (χ1n) is 6.63. The van der Waals surface area contributed by atoms with Crippen LogP contribution in [0.5, 0.6) is 0 Å². The van der Waals surface area contributed by atoms with Gasteiger partial charge in [0.2, 0.25) is 0 Å². The minimum absolute atomic E-state index is 0.344. The second-order valence-corrected chi connectivity index (χ2v) is 6.10. The summed E-state index contributed by atoms with van der Waals surface area (Å²) in [6.07, 6.45) is 0. The molecular formula is C16H27N. The van der Waals surface area contributed by atoms with Gasteiger partial charge in [-0.05, 0) is 36.3 Å². The van der Waals surface area contributed by atoms with Crippen LogP contribution in [0, 0.1) is 18.3 Å². The Kier molecular flexibility index (Phi) is 4.76. The third-order valence-corrected chi connectivity index (χ3v) is 4.08. The maximum atomic E-state index is 3.66. The molecule has 1 aromatic rings. The van der Waals surface area contributed by atoms with E-state index in [9.17, 15) is 0 Å². The number of nitrogens with one attached hydrogen (secondary N) is 1. The minimum atomic E-state index is 0.344. The van der Waals surface area contributed by atoms with Crippen molar-refractivity contribution in [3.8, 4) is 0 Å². The summed E-state index contributed by atoms with van der Waals surface area (Å²) in [4.78, 5) is 0. The lowest BCUT2D eigenvalue weighted by Gasteiger charge is -2.31. The van der Waals surface area contributed by atoms with E-state index in [0.717, 1.165) is 6.54 Å². The van der Waals surface area contributed by atoms with E-state index in [1.807, 2.05) is 0 Å². The highest BCUT2D eigenvalue weighted by atomic mass is 14.9. The molecule has 0 saturated heterocycles. The zero-order valence-corrected chi connectivity index (χ0v) is 12.2. The molecule has 0 aliphatic carbocycles. The Balaban J connectivity index is 2.62. The van der Waals surface area contributed by atoms with Gasteiger partial charge < -0.3 is 5.32 Å². The summed E-state index contributed by atoms with van der Waals surface area (Å²) in [5.74, 6) is 0.694. The standard InChI is InChI=1S/C16H27N/c1-12(2)16(5,6)11-17-14(4)15-10-8-7-9-13(15)3/h7-10,12,14,17H,11H2,1-6H3. The molecule has 0 bridgehead atoms. The molecule has 1 N–H and O–H groups in total. The van der Waals surface area contributed by atoms with Crippen molar-refractivity contribution >= 4 is 0 Å². The van der Waals surface area contributed by atoms with Crippen molar-refractivity contribution < 1.29 is 0 Å². The number of rotatable bonds is 5. The molecule has 1 nitrogen and oxygen atoms in total. The van der Waals surface area contributed by atoms with Gasteiger partial charge in [0, 0.05) is 12.6 Å². The van der Waals surface area contributed by atoms with Crippen LogP contribution in [0.15, 0.2) is 24.3 Å². The average molecular weight is 233 g/mol. The molecule has 17 heavy (non-hydrogen) atoms. The third kappa shape index (κ3) is 3.85. The summed E-state index contributed by atoms with van der Waals surface area (Å²) in [6, 6.07) is 9.04. The lowest BCUT2D eigenvalue weighted by Crippen LogP contribution is -2.35. The largest absolute Gasteiger partial charge is 0.310 e. The second-order valence-electron chi connectivity index (χ2n) is 6.10. The Morgan fingerprint density at radius 2 is 1.71 bits per heavy atom. The molecule has 0 aliphatic heterocycles. The molecule has 0 heterocycles. The lowest BCUT2D eigenvalue weighted by molar-refractivity contribution is 0.230. The summed E-state index contributed by atoms with van der Waals surface area (Å²) in [6.45, 7) is 14.7. The van der Waals surface area contributed by atoms with Crippen LogP contribution in [-0.2, 0) is 0 Å². The predicted octanol–water partition coefficient (Wildman–Crippen LogP) is 4.33. The molecule has 1 rings (SSSR count). The minimum Gasteiger partial charge on any atom is -0.310 e. The van der Waals surface area contributed by atoms with Crippen molar-refractivity contribution in [1.29, 1.82) is 0 Å². The van der Waals surface area contributed by atoms with E-state index in [2.05, 4.69) is 71.1 Å². The van der Waals surface area contributed by atoms with Gasteiger partial charge >= 0.3 is 0 Å². The van der Waals surface area contributed by atoms with Gasteiger partial charge in [0.1, 0.15) is 0 Å². The molecule has 0 amide bonds. The summed E-state index contributed by atoms with van der Waals surface area (Å²) in [5.41, 5.74) is 3.12. The van der Waals surface area contributed by atoms with Crippen molar-refractivity contribution in [1.82, 2.24) is 5.32 Å². The quantitative estimate of drug-likeness (QED) is 0.798. The fraction of sp³-hybridized carbons (Fsp3) is 0.625. The zero-order valence-electron chi connectivity index (χ0n) is 12.2. The molecule has 0 aromatic heterocycles. The smallest absolute Gasteiger partial charge is 0.0294 e. The van der Waals surface area contributed by atoms with Gasteiger partial charge in [0.25, 0.3) is 0 Å². The Labute approximate surface area is 107 Å². The third-order valence-electron chi connectivity index (χ3n) is 4.08. The fourth-order valence-electron chi connectivity index (χ4n) is 1.80. The maximum Gasteiger partial charge on any atom is 0.0294 e. The van der Waals surface area contributed by atoms with Gasteiger partial charge in [-0.2, -0.15) is 0 Å². The van der Waals surface area contributed by atoms with Crippen LogP contribution in [0.25, 0.3) is 0 Å². The first-order chi connectivity index (χ1) is 7.84. The van der Waals surface area contributed by atoms with Crippen LogP contribution in [0.2, 0.25) is 0 Å². The maximum absolute atomic E-state index is 3.66. The van der Waals surface area contributed by atoms with Gasteiger partial charge in [-0.25, -0.2) is 0 Å². The summed E-state index contributed by atoms with van der Waals surface area (Å²) in [5, 5.41) is 3.66. The van der Waals surface area contributed by atoms with E-state index in [0.29, 0.717) is 17.4 Å². The Bertz CT molecular complexity index is 352. The summed E-state index contributed by atoms with van der Waals surface area (Å²) < 4.78 is 0. The molecule has 1 heteroatoms. The molecule has 0 fully saturated rings. The topological polar surface area (TPSA) is 12.0 Å². The van der Waals surface area contributed by atoms with Gasteiger partial charge in [-0.3, -0.25) is 0 Å². The zero-order chi connectivity index (χ0) is 13.1. The van der Waals surface area contributed by atoms with Crippen molar-refractivity contribution in [2.24, 2.45) is 11.3 Å². The molecule has 0 aliphatic rings. The highest BCUT2D eigenvalue weighted by Gasteiger charge is 2.22. The molecule has 96 valence electrons. The Hall–Kier alpha value is -0.820. The molecule has 1 aromatic carbocycles. The molecule has 0 radical (unpaired) electrons. The molecule has 1 atom stereocenters. The van der Waals surface area contributed by atoms with E-state index < -0.39 is 0 Å². The van der Waals surface area contributed by atoms with E-state index in [4.69, 9.17) is 0 Å². The van der Waals surface area contributed by atoms with Crippen LogP contribution in [0.1, 0.15) is 51.8 Å². The van der Waals surface area contributed by atoms with E-state index in [1.165, 1.54) is 11.1 Å². The average Bonchev–Trinajstić information content (AvgIpc) is 2.26. The molecule has 0 spiro atoms. The van der Waals surface area contributed by atoms with Crippen molar-refractivity contribution in [2.75, 3.05) is 6.54 Å². The number of aryl methyl sites for hydroxylation is 1. The first kappa shape index (κ1) is 14.2. The highest BCUT2D eigenvalue weighted by molar-refractivity contribution is 5.28. The van der Waals surface area contributed by atoms with Gasteiger partial charge in [-0.15, -0.1) is 0 Å². The van der Waals surface area contributed by atoms with Crippen LogP contribution >= 0.6 is 0 Å². The molecule has 1 unspecified atom stereocenters. The summed E-state index contributed by atoms with van der Waals surface area (Å²) >= 11 is 0. The number of benzene rings is 1. The molecular weight excluding hydrogens is 206 g/mol. The Morgan fingerprint density at radius 1 is 1.12 bits per heavy atom. The SMILES string of the molecule is Cc1ccccc1C(C)NCC(C)(C)C(C)C. The van der Waals surface area contributed by atoms with Gasteiger partial charge in [0.05, 0.1) is 0 Å². The van der Waals surface area contributed by atoms with Gasteiger partial charge in [0.15, 0.2) is 0 Å². The Morgan fingerprint density at radius 3 is 2.24 bits per heavy atom. The number of hydrogen-bond acceptors (Lipinski definition) is 1. The van der Waals surface area contributed by atoms with Crippen molar-refractivity contribution in [3.63, 3.8) is 0 Å². The van der Waals surface area contributed by atoms with E-state index in [1.54, 1.807) is 0 Å². The van der Waals surface area contributed by atoms with Crippen LogP contribution in [0.3, 0.4) is 0 Å². The lowest BCUT2D eigenvalue weighted by atomic mass is 9.81. The fourth-order valence-corrected chi connectivity index (χ4v) is 1.80. The van der Waals surface area contributed by atoms with Crippen molar-refractivity contribution in [3.05, 3.63) is 35.4 Å². The van der Waals surface area contributed by atoms with Crippen LogP contribution < -0.4 is 5.32 Å². The van der Waals surface area contributed by atoms with E-state index >= 15 is 0 Å². The second kappa shape index (κ2) is 5.68. The molecule has 0 saturated carbocycles. The normalized spacial score (nSPS) is 14.1. The van der Waals surface area contributed by atoms with Gasteiger partial charge in [-0.1, -0.05) is 52.0 Å².